The van der Waals surface area contributed by atoms with Gasteiger partial charge in [-0.25, -0.2) is 0 Å². The summed E-state index contributed by atoms with van der Waals surface area (Å²) in [7, 11) is 0. The van der Waals surface area contributed by atoms with Crippen LogP contribution in [0.3, 0.4) is 0 Å². The Labute approximate surface area is 156 Å². The van der Waals surface area contributed by atoms with E-state index < -0.39 is 0 Å². The molecule has 0 saturated carbocycles. The maximum atomic E-state index is 11.8. The number of carbonyl (C=O) groups is 2. The molecular formula is C16H28I2O3. The van der Waals surface area contributed by atoms with Crippen LogP contribution in [0.15, 0.2) is 0 Å². The van der Waals surface area contributed by atoms with Crippen molar-refractivity contribution in [1.29, 1.82) is 0 Å². The number of carbonyl (C=O) groups excluding carboxylic acids is 2. The van der Waals surface area contributed by atoms with Gasteiger partial charge in [-0.2, -0.15) is 0 Å². The summed E-state index contributed by atoms with van der Waals surface area (Å²) in [5, 5.41) is 0. The summed E-state index contributed by atoms with van der Waals surface area (Å²) >= 11 is 4.17. The normalized spacial score (nSPS) is 13.7. The topological polar surface area (TPSA) is 43.4 Å². The number of hydrogen-bond acceptors (Lipinski definition) is 3. The standard InChI is InChI=1S/C16H28I2O3/c1-3-5-7-9-11-13(17)15(19)21-16(20)14(18)12-10-8-6-4-2/h13-14H,3-12H2,1-2H3. The monoisotopic (exact) mass is 522 g/mol. The van der Waals surface area contributed by atoms with E-state index in [1.807, 2.05) is 0 Å². The van der Waals surface area contributed by atoms with Crippen molar-refractivity contribution in [3.8, 4) is 0 Å². The molecule has 0 saturated heterocycles. The Morgan fingerprint density at radius 2 is 1.14 bits per heavy atom. The van der Waals surface area contributed by atoms with Gasteiger partial charge in [0.15, 0.2) is 0 Å². The molecule has 21 heavy (non-hydrogen) atoms. The first-order chi connectivity index (χ1) is 10.0. The molecular weight excluding hydrogens is 494 g/mol. The van der Waals surface area contributed by atoms with Crippen molar-refractivity contribution in [3.63, 3.8) is 0 Å². The van der Waals surface area contributed by atoms with E-state index in [2.05, 4.69) is 59.0 Å². The van der Waals surface area contributed by atoms with Crippen molar-refractivity contribution < 1.29 is 14.3 Å². The highest BCUT2D eigenvalue weighted by atomic mass is 127. The summed E-state index contributed by atoms with van der Waals surface area (Å²) in [6, 6.07) is 0. The smallest absolute Gasteiger partial charge is 0.326 e. The average Bonchev–Trinajstić information content (AvgIpc) is 2.47. The van der Waals surface area contributed by atoms with Crippen LogP contribution < -0.4 is 0 Å². The Morgan fingerprint density at radius 3 is 1.48 bits per heavy atom. The molecule has 0 radical (unpaired) electrons. The predicted molar refractivity (Wildman–Crippen MR) is 104 cm³/mol. The summed E-state index contributed by atoms with van der Waals surface area (Å²) in [6.07, 6.45) is 10.7. The maximum Gasteiger partial charge on any atom is 0.326 e. The molecule has 0 spiro atoms. The van der Waals surface area contributed by atoms with Gasteiger partial charge in [0.25, 0.3) is 0 Å². The minimum atomic E-state index is -0.368. The van der Waals surface area contributed by atoms with E-state index in [1.54, 1.807) is 0 Å². The first kappa shape index (κ1) is 21.6. The number of unbranched alkanes of at least 4 members (excludes halogenated alkanes) is 6. The molecule has 0 fully saturated rings. The second-order valence-corrected chi connectivity index (χ2v) is 8.38. The summed E-state index contributed by atoms with van der Waals surface area (Å²) in [4.78, 5) is 23.7. The fourth-order valence-corrected chi connectivity index (χ4v) is 3.10. The third-order valence-corrected chi connectivity index (χ3v) is 5.60. The highest BCUT2D eigenvalue weighted by Crippen LogP contribution is 2.17. The van der Waals surface area contributed by atoms with Gasteiger partial charge in [-0.1, -0.05) is 110 Å². The molecule has 0 rings (SSSR count). The minimum absolute atomic E-state index is 0.202. The summed E-state index contributed by atoms with van der Waals surface area (Å²) in [6.45, 7) is 4.32. The number of alkyl halides is 2. The summed E-state index contributed by atoms with van der Waals surface area (Å²) < 4.78 is 4.59. The van der Waals surface area contributed by atoms with E-state index in [0.29, 0.717) is 0 Å². The van der Waals surface area contributed by atoms with Crippen LogP contribution in [-0.2, 0) is 14.3 Å². The van der Waals surface area contributed by atoms with Gasteiger partial charge in [0.2, 0.25) is 0 Å². The van der Waals surface area contributed by atoms with Crippen LogP contribution in [0.2, 0.25) is 0 Å². The first-order valence-corrected chi connectivity index (χ1v) is 10.6. The Bertz CT molecular complexity index is 267. The Kier molecular flexibility index (Phi) is 14.6. The highest BCUT2D eigenvalue weighted by Gasteiger charge is 2.23. The zero-order chi connectivity index (χ0) is 16.1. The van der Waals surface area contributed by atoms with Gasteiger partial charge in [0.05, 0.1) is 0 Å². The quantitative estimate of drug-likeness (QED) is 0.110. The van der Waals surface area contributed by atoms with E-state index in [4.69, 9.17) is 4.74 Å². The lowest BCUT2D eigenvalue weighted by Gasteiger charge is -2.11. The maximum absolute atomic E-state index is 11.8. The molecule has 0 aromatic heterocycles. The van der Waals surface area contributed by atoms with Gasteiger partial charge in [-0.05, 0) is 12.8 Å². The van der Waals surface area contributed by atoms with Gasteiger partial charge in [0, 0.05) is 0 Å². The molecule has 5 heteroatoms. The average molecular weight is 522 g/mol. The number of halogens is 2. The van der Waals surface area contributed by atoms with Gasteiger partial charge in [-0.3, -0.25) is 9.59 Å². The molecule has 0 aromatic carbocycles. The lowest BCUT2D eigenvalue weighted by Crippen LogP contribution is -2.26. The second-order valence-electron chi connectivity index (χ2n) is 5.37. The fourth-order valence-electron chi connectivity index (χ4n) is 1.96. The molecule has 0 amide bonds. The van der Waals surface area contributed by atoms with Crippen molar-refractivity contribution in [3.05, 3.63) is 0 Å². The zero-order valence-corrected chi connectivity index (χ0v) is 17.5. The largest absolute Gasteiger partial charge is 0.392 e. The number of esters is 2. The fraction of sp³-hybridized carbons (Fsp3) is 0.875. The molecule has 0 aromatic rings. The molecule has 0 heterocycles. The molecule has 0 N–H and O–H groups in total. The van der Waals surface area contributed by atoms with Crippen LogP contribution in [-0.4, -0.2) is 19.8 Å². The third kappa shape index (κ3) is 11.8. The van der Waals surface area contributed by atoms with Crippen molar-refractivity contribution in [2.24, 2.45) is 0 Å². The minimum Gasteiger partial charge on any atom is -0.392 e. The molecule has 124 valence electrons. The number of rotatable bonds is 12. The van der Waals surface area contributed by atoms with Gasteiger partial charge in [0.1, 0.15) is 7.85 Å². The van der Waals surface area contributed by atoms with E-state index in [0.717, 1.165) is 38.5 Å². The number of ether oxygens (including phenoxy) is 1. The van der Waals surface area contributed by atoms with E-state index >= 15 is 0 Å². The third-order valence-electron chi connectivity index (χ3n) is 3.33. The van der Waals surface area contributed by atoms with Crippen LogP contribution in [0.1, 0.15) is 78.1 Å². The van der Waals surface area contributed by atoms with Gasteiger partial charge in [-0.15, -0.1) is 0 Å². The van der Waals surface area contributed by atoms with E-state index in [-0.39, 0.29) is 19.8 Å². The van der Waals surface area contributed by atoms with Gasteiger partial charge < -0.3 is 4.74 Å². The predicted octanol–water partition coefficient (Wildman–Crippen LogP) is 5.60. The van der Waals surface area contributed by atoms with Crippen LogP contribution in [0.5, 0.6) is 0 Å². The lowest BCUT2D eigenvalue weighted by molar-refractivity contribution is -0.158. The van der Waals surface area contributed by atoms with Crippen LogP contribution >= 0.6 is 45.2 Å². The highest BCUT2D eigenvalue weighted by molar-refractivity contribution is 14.1. The molecule has 0 bridgehead atoms. The lowest BCUT2D eigenvalue weighted by atomic mass is 10.1. The van der Waals surface area contributed by atoms with E-state index in [9.17, 15) is 9.59 Å². The van der Waals surface area contributed by atoms with Gasteiger partial charge >= 0.3 is 11.9 Å². The molecule has 3 nitrogen and oxygen atoms in total. The molecule has 0 aliphatic carbocycles. The van der Waals surface area contributed by atoms with E-state index in [1.165, 1.54) is 25.7 Å². The van der Waals surface area contributed by atoms with Crippen molar-refractivity contribution >= 4 is 57.1 Å². The summed E-state index contributed by atoms with van der Waals surface area (Å²) in [5.74, 6) is -0.736. The van der Waals surface area contributed by atoms with Crippen LogP contribution in [0.25, 0.3) is 0 Å². The number of hydrogen-bond donors (Lipinski definition) is 0. The molecule has 2 atom stereocenters. The zero-order valence-electron chi connectivity index (χ0n) is 13.2. The Balaban J connectivity index is 3.87. The molecule has 0 aliphatic rings. The Morgan fingerprint density at radius 1 is 0.762 bits per heavy atom. The Hall–Kier alpha value is 0.600. The SMILES string of the molecule is CCCCCCC(I)C(=O)OC(=O)C(I)CCCCCC. The first-order valence-electron chi connectivity index (χ1n) is 8.06. The van der Waals surface area contributed by atoms with Crippen molar-refractivity contribution in [1.82, 2.24) is 0 Å². The van der Waals surface area contributed by atoms with Crippen LogP contribution in [0.4, 0.5) is 0 Å². The molecule has 0 aliphatic heterocycles. The van der Waals surface area contributed by atoms with Crippen molar-refractivity contribution in [2.45, 2.75) is 85.9 Å². The molecule has 2 unspecified atom stereocenters. The second kappa shape index (κ2) is 14.2. The van der Waals surface area contributed by atoms with Crippen molar-refractivity contribution in [2.75, 3.05) is 0 Å². The summed E-state index contributed by atoms with van der Waals surface area (Å²) in [5.41, 5.74) is 0. The van der Waals surface area contributed by atoms with Crippen LogP contribution in [0, 0.1) is 0 Å².